The highest BCUT2D eigenvalue weighted by atomic mass is 16.5. The van der Waals surface area contributed by atoms with Crippen LogP contribution < -0.4 is 10.1 Å². The van der Waals surface area contributed by atoms with Crippen LogP contribution in [0.1, 0.15) is 25.1 Å². The van der Waals surface area contributed by atoms with Crippen molar-refractivity contribution in [2.45, 2.75) is 32.2 Å². The first kappa shape index (κ1) is 21.8. The van der Waals surface area contributed by atoms with Crippen LogP contribution in [0.2, 0.25) is 0 Å². The number of amides is 1. The molecule has 0 radical (unpaired) electrons. The van der Waals surface area contributed by atoms with Crippen molar-refractivity contribution in [3.8, 4) is 5.75 Å². The molecule has 0 unspecified atom stereocenters. The van der Waals surface area contributed by atoms with E-state index in [1.807, 2.05) is 59.3 Å². The normalized spacial score (nSPS) is 11.3. The summed E-state index contributed by atoms with van der Waals surface area (Å²) in [6.45, 7) is 2.07. The van der Waals surface area contributed by atoms with Crippen molar-refractivity contribution < 1.29 is 14.3 Å². The first-order chi connectivity index (χ1) is 15.8. The maximum Gasteiger partial charge on any atom is 0.257 e. The molecular formula is C24H29N5O3. The SMILES string of the molecule is COCCn1ccc2c(OCC(=O)NCCCCCc3nnc4ccccn34)cccc21. The van der Waals surface area contributed by atoms with E-state index in [9.17, 15) is 4.79 Å². The van der Waals surface area contributed by atoms with E-state index in [-0.39, 0.29) is 12.5 Å². The molecule has 1 aromatic carbocycles. The summed E-state index contributed by atoms with van der Waals surface area (Å²) >= 11 is 0. The zero-order valence-electron chi connectivity index (χ0n) is 18.4. The van der Waals surface area contributed by atoms with E-state index in [1.54, 1.807) is 7.11 Å². The number of aromatic nitrogens is 4. The van der Waals surface area contributed by atoms with Crippen molar-refractivity contribution >= 4 is 22.5 Å². The number of hydrogen-bond acceptors (Lipinski definition) is 5. The number of rotatable bonds is 12. The van der Waals surface area contributed by atoms with Gasteiger partial charge >= 0.3 is 0 Å². The number of carbonyl (C=O) groups excluding carboxylic acids is 1. The van der Waals surface area contributed by atoms with Crippen molar-refractivity contribution in [3.63, 3.8) is 0 Å². The minimum atomic E-state index is -0.107. The first-order valence-corrected chi connectivity index (χ1v) is 11.0. The number of nitrogens with zero attached hydrogens (tertiary/aromatic N) is 4. The van der Waals surface area contributed by atoms with E-state index in [0.717, 1.165) is 54.6 Å². The Labute approximate surface area is 187 Å². The van der Waals surface area contributed by atoms with Gasteiger partial charge in [-0.25, -0.2) is 0 Å². The molecule has 1 N–H and O–H groups in total. The molecule has 0 saturated carbocycles. The van der Waals surface area contributed by atoms with Gasteiger partial charge in [0.2, 0.25) is 0 Å². The summed E-state index contributed by atoms with van der Waals surface area (Å²) in [6.07, 6.45) is 7.80. The minimum absolute atomic E-state index is 0.00803. The second-order valence-electron chi connectivity index (χ2n) is 7.69. The Bertz CT molecular complexity index is 1170. The number of benzene rings is 1. The van der Waals surface area contributed by atoms with Crippen LogP contribution in [0.5, 0.6) is 5.75 Å². The van der Waals surface area contributed by atoms with Crippen LogP contribution >= 0.6 is 0 Å². The molecule has 3 heterocycles. The van der Waals surface area contributed by atoms with Gasteiger partial charge in [-0.2, -0.15) is 0 Å². The third-order valence-electron chi connectivity index (χ3n) is 5.45. The fraction of sp³-hybridized carbons (Fsp3) is 0.375. The monoisotopic (exact) mass is 435 g/mol. The van der Waals surface area contributed by atoms with Crippen molar-refractivity contribution in [1.82, 2.24) is 24.5 Å². The summed E-state index contributed by atoms with van der Waals surface area (Å²) in [7, 11) is 1.69. The summed E-state index contributed by atoms with van der Waals surface area (Å²) in [5.41, 5.74) is 1.94. The third-order valence-corrected chi connectivity index (χ3v) is 5.45. The predicted molar refractivity (Wildman–Crippen MR) is 123 cm³/mol. The Kier molecular flexibility index (Phi) is 7.34. The molecule has 0 spiro atoms. The first-order valence-electron chi connectivity index (χ1n) is 11.0. The van der Waals surface area contributed by atoms with E-state index in [2.05, 4.69) is 20.1 Å². The fourth-order valence-corrected chi connectivity index (χ4v) is 3.77. The van der Waals surface area contributed by atoms with Gasteiger partial charge in [-0.15, -0.1) is 10.2 Å². The molecular weight excluding hydrogens is 406 g/mol. The van der Waals surface area contributed by atoms with Gasteiger partial charge in [0.25, 0.3) is 5.91 Å². The van der Waals surface area contributed by atoms with Crippen molar-refractivity contribution in [3.05, 3.63) is 60.7 Å². The molecule has 1 amide bonds. The van der Waals surface area contributed by atoms with Gasteiger partial charge in [0.05, 0.1) is 12.1 Å². The molecule has 0 atom stereocenters. The summed E-state index contributed by atoms with van der Waals surface area (Å²) in [4.78, 5) is 12.2. The van der Waals surface area contributed by atoms with Crippen LogP contribution in [-0.4, -0.2) is 51.9 Å². The number of ether oxygens (including phenoxy) is 2. The standard InChI is InChI=1S/C24H29N5O3/c1-31-17-16-28-15-12-19-20(28)8-7-9-21(19)32-18-24(30)25-13-5-2-3-10-22-26-27-23-11-4-6-14-29(22)23/h4,6-9,11-12,14-15H,2-3,5,10,13,16-18H2,1H3,(H,25,30). The number of unbranched alkanes of at least 4 members (excludes halogenated alkanes) is 2. The molecule has 8 heteroatoms. The quantitative estimate of drug-likeness (QED) is 0.346. The Balaban J connectivity index is 1.16. The molecule has 3 aromatic heterocycles. The molecule has 0 aliphatic rings. The van der Waals surface area contributed by atoms with Crippen LogP contribution in [0.15, 0.2) is 54.9 Å². The molecule has 0 bridgehead atoms. The van der Waals surface area contributed by atoms with E-state index < -0.39 is 0 Å². The van der Waals surface area contributed by atoms with Gasteiger partial charge in [-0.05, 0) is 43.2 Å². The molecule has 32 heavy (non-hydrogen) atoms. The van der Waals surface area contributed by atoms with E-state index >= 15 is 0 Å². The highest BCUT2D eigenvalue weighted by molar-refractivity contribution is 5.87. The number of methoxy groups -OCH3 is 1. The van der Waals surface area contributed by atoms with Crippen LogP contribution in [0.4, 0.5) is 0 Å². The maximum atomic E-state index is 12.2. The average Bonchev–Trinajstić information content (AvgIpc) is 3.43. The second-order valence-corrected chi connectivity index (χ2v) is 7.69. The molecule has 0 aliphatic heterocycles. The zero-order valence-corrected chi connectivity index (χ0v) is 18.4. The number of pyridine rings is 1. The lowest BCUT2D eigenvalue weighted by atomic mass is 10.2. The minimum Gasteiger partial charge on any atom is -0.483 e. The summed E-state index contributed by atoms with van der Waals surface area (Å²) in [5, 5.41) is 12.4. The molecule has 8 nitrogen and oxygen atoms in total. The Morgan fingerprint density at radius 2 is 1.97 bits per heavy atom. The van der Waals surface area contributed by atoms with Crippen LogP contribution in [0.25, 0.3) is 16.6 Å². The van der Waals surface area contributed by atoms with Crippen LogP contribution in [0.3, 0.4) is 0 Å². The van der Waals surface area contributed by atoms with Gasteiger partial charge in [-0.1, -0.05) is 18.6 Å². The lowest BCUT2D eigenvalue weighted by molar-refractivity contribution is -0.123. The van der Waals surface area contributed by atoms with Gasteiger partial charge in [0, 0.05) is 44.4 Å². The lowest BCUT2D eigenvalue weighted by Gasteiger charge is -2.09. The molecule has 0 fully saturated rings. The van der Waals surface area contributed by atoms with Crippen molar-refractivity contribution in [2.24, 2.45) is 0 Å². The van der Waals surface area contributed by atoms with Gasteiger partial charge in [-0.3, -0.25) is 9.20 Å². The number of nitrogens with one attached hydrogen (secondary N) is 1. The van der Waals surface area contributed by atoms with Crippen molar-refractivity contribution in [2.75, 3.05) is 26.9 Å². The topological polar surface area (TPSA) is 82.7 Å². The number of aryl methyl sites for hydroxylation is 1. The maximum absolute atomic E-state index is 12.2. The van der Waals surface area contributed by atoms with Gasteiger partial charge in [0.1, 0.15) is 11.6 Å². The summed E-state index contributed by atoms with van der Waals surface area (Å²) in [5.74, 6) is 1.59. The second kappa shape index (κ2) is 10.8. The smallest absolute Gasteiger partial charge is 0.257 e. The molecule has 168 valence electrons. The van der Waals surface area contributed by atoms with Crippen molar-refractivity contribution in [1.29, 1.82) is 0 Å². The number of carbonyl (C=O) groups is 1. The average molecular weight is 436 g/mol. The Morgan fingerprint density at radius 3 is 2.88 bits per heavy atom. The number of fused-ring (bicyclic) bond motifs is 2. The lowest BCUT2D eigenvalue weighted by Crippen LogP contribution is -2.29. The Hall–Kier alpha value is -3.39. The van der Waals surface area contributed by atoms with E-state index in [0.29, 0.717) is 18.9 Å². The highest BCUT2D eigenvalue weighted by Gasteiger charge is 2.09. The van der Waals surface area contributed by atoms with Gasteiger partial charge < -0.3 is 19.4 Å². The molecule has 4 aromatic rings. The molecule has 0 saturated heterocycles. The third kappa shape index (κ3) is 5.26. The summed E-state index contributed by atoms with van der Waals surface area (Å²) in [6, 6.07) is 13.8. The zero-order chi connectivity index (χ0) is 22.2. The number of hydrogen-bond donors (Lipinski definition) is 1. The predicted octanol–water partition coefficient (Wildman–Crippen LogP) is 3.24. The van der Waals surface area contributed by atoms with Gasteiger partial charge in [0.15, 0.2) is 12.3 Å². The highest BCUT2D eigenvalue weighted by Crippen LogP contribution is 2.26. The van der Waals surface area contributed by atoms with E-state index in [1.165, 1.54) is 0 Å². The molecule has 0 aliphatic carbocycles. The van der Waals surface area contributed by atoms with Crippen LogP contribution in [0, 0.1) is 0 Å². The Morgan fingerprint density at radius 1 is 1.03 bits per heavy atom. The summed E-state index contributed by atoms with van der Waals surface area (Å²) < 4.78 is 15.1. The fourth-order valence-electron chi connectivity index (χ4n) is 3.77. The van der Waals surface area contributed by atoms with Crippen LogP contribution in [-0.2, 0) is 22.5 Å². The molecule has 4 rings (SSSR count). The largest absolute Gasteiger partial charge is 0.483 e. The van der Waals surface area contributed by atoms with E-state index in [4.69, 9.17) is 9.47 Å².